The summed E-state index contributed by atoms with van der Waals surface area (Å²) in [4.78, 5) is 36.8. The predicted molar refractivity (Wildman–Crippen MR) is 109 cm³/mol. The molecule has 0 aliphatic rings. The van der Waals surface area contributed by atoms with Gasteiger partial charge in [0.1, 0.15) is 17.6 Å². The van der Waals surface area contributed by atoms with E-state index >= 15 is 0 Å². The first kappa shape index (κ1) is 20.9. The van der Waals surface area contributed by atoms with E-state index in [9.17, 15) is 18.8 Å². The number of nitrogens with two attached hydrogens (primary N) is 1. The molecule has 0 fully saturated rings. The first-order valence-electron chi connectivity index (χ1n) is 9.25. The molecule has 8 heteroatoms. The summed E-state index contributed by atoms with van der Waals surface area (Å²) in [5, 5.41) is 6.77. The second-order valence-electron chi connectivity index (χ2n) is 6.95. The lowest BCUT2D eigenvalue weighted by molar-refractivity contribution is -0.137. The van der Waals surface area contributed by atoms with Gasteiger partial charge >= 0.3 is 0 Å². The smallest absolute Gasteiger partial charge is 0.287 e. The third-order valence-electron chi connectivity index (χ3n) is 4.67. The van der Waals surface area contributed by atoms with Gasteiger partial charge in [-0.3, -0.25) is 19.1 Å². The number of nitrogens with zero attached hydrogens (tertiary/aromatic N) is 2. The van der Waals surface area contributed by atoms with Crippen molar-refractivity contribution < 1.29 is 18.8 Å². The molecule has 0 aliphatic carbocycles. The summed E-state index contributed by atoms with van der Waals surface area (Å²) in [6, 6.07) is 12.6. The van der Waals surface area contributed by atoms with E-state index < -0.39 is 29.5 Å². The van der Waals surface area contributed by atoms with Crippen LogP contribution in [0.5, 0.6) is 0 Å². The van der Waals surface area contributed by atoms with E-state index in [1.807, 2.05) is 6.07 Å². The Labute approximate surface area is 172 Å². The highest BCUT2D eigenvalue weighted by Gasteiger charge is 2.28. The van der Waals surface area contributed by atoms with Gasteiger partial charge in [-0.2, -0.15) is 5.10 Å². The van der Waals surface area contributed by atoms with Crippen molar-refractivity contribution in [2.24, 2.45) is 12.8 Å². The van der Waals surface area contributed by atoms with Crippen molar-refractivity contribution in [3.63, 3.8) is 0 Å². The molecule has 1 aromatic heterocycles. The second kappa shape index (κ2) is 8.69. The summed E-state index contributed by atoms with van der Waals surface area (Å²) in [5.41, 5.74) is 6.71. The van der Waals surface area contributed by atoms with Crippen molar-refractivity contribution in [1.29, 1.82) is 0 Å². The number of nitrogens with one attached hydrogen (secondary N) is 1. The van der Waals surface area contributed by atoms with Crippen molar-refractivity contribution in [3.05, 3.63) is 77.2 Å². The Morgan fingerprint density at radius 1 is 1.13 bits per heavy atom. The van der Waals surface area contributed by atoms with Gasteiger partial charge in [0.2, 0.25) is 5.78 Å². The van der Waals surface area contributed by atoms with Crippen LogP contribution in [0.3, 0.4) is 0 Å². The van der Waals surface area contributed by atoms with Crippen LogP contribution in [0.15, 0.2) is 54.7 Å². The van der Waals surface area contributed by atoms with Crippen LogP contribution >= 0.6 is 0 Å². The first-order valence-corrected chi connectivity index (χ1v) is 9.25. The lowest BCUT2D eigenvalue weighted by Gasteiger charge is -2.16. The molecule has 2 amide bonds. The van der Waals surface area contributed by atoms with Gasteiger partial charge in [0.05, 0.1) is 5.56 Å². The van der Waals surface area contributed by atoms with Crippen LogP contribution in [0.4, 0.5) is 4.39 Å². The van der Waals surface area contributed by atoms with E-state index in [1.165, 1.54) is 16.9 Å². The fraction of sp³-hybridized carbons (Fsp3) is 0.182. The molecule has 3 rings (SSSR count). The number of carbonyl (C=O) groups excluding carboxylic acids is 3. The summed E-state index contributed by atoms with van der Waals surface area (Å²) in [6.45, 7) is 1.61. The minimum Gasteiger partial charge on any atom is -0.363 e. The Morgan fingerprint density at radius 3 is 2.50 bits per heavy atom. The molecular weight excluding hydrogens is 387 g/mol. The van der Waals surface area contributed by atoms with Crippen LogP contribution in [0.25, 0.3) is 11.3 Å². The third-order valence-corrected chi connectivity index (χ3v) is 4.67. The molecule has 0 saturated heterocycles. The van der Waals surface area contributed by atoms with Crippen LogP contribution in [0.2, 0.25) is 0 Å². The largest absolute Gasteiger partial charge is 0.363 e. The molecule has 3 N–H and O–H groups in total. The van der Waals surface area contributed by atoms with Crippen LogP contribution in [-0.4, -0.2) is 33.4 Å². The molecule has 3 aromatic rings. The minimum absolute atomic E-state index is 0.0809. The number of primary amides is 1. The zero-order valence-electron chi connectivity index (χ0n) is 16.6. The summed E-state index contributed by atoms with van der Waals surface area (Å²) in [6.07, 6.45) is 1.52. The molecular formula is C22H21FN4O3. The Kier molecular flexibility index (Phi) is 6.06. The molecule has 1 unspecified atom stereocenters. The zero-order valence-corrected chi connectivity index (χ0v) is 16.6. The number of aryl methyl sites for hydroxylation is 2. The molecule has 0 radical (unpaired) electrons. The number of halogens is 1. The van der Waals surface area contributed by atoms with Crippen molar-refractivity contribution >= 4 is 17.6 Å². The molecule has 154 valence electrons. The zero-order chi connectivity index (χ0) is 21.8. The Hall–Kier alpha value is -3.81. The lowest BCUT2D eigenvalue weighted by Crippen LogP contribution is -2.47. The maximum absolute atomic E-state index is 14.6. The molecule has 0 saturated carbocycles. The average Bonchev–Trinajstić information content (AvgIpc) is 3.11. The number of rotatable bonds is 7. The van der Waals surface area contributed by atoms with Crippen molar-refractivity contribution in [1.82, 2.24) is 15.1 Å². The fourth-order valence-corrected chi connectivity index (χ4v) is 3.15. The maximum Gasteiger partial charge on any atom is 0.287 e. The summed E-state index contributed by atoms with van der Waals surface area (Å²) < 4.78 is 16.0. The van der Waals surface area contributed by atoms with E-state index in [2.05, 4.69) is 10.4 Å². The molecule has 1 heterocycles. The van der Waals surface area contributed by atoms with Gasteiger partial charge in [0, 0.05) is 25.2 Å². The van der Waals surface area contributed by atoms with E-state index in [-0.39, 0.29) is 23.2 Å². The SMILES string of the molecule is Cc1cccc(-c2nn(C)cc2C(=O)NC(Cc2ccccc2)C(=O)C(N)=O)c1F. The number of benzene rings is 2. The third kappa shape index (κ3) is 4.43. The quantitative estimate of drug-likeness (QED) is 0.583. The van der Waals surface area contributed by atoms with Crippen LogP contribution in [0.1, 0.15) is 21.5 Å². The topological polar surface area (TPSA) is 107 Å². The molecule has 30 heavy (non-hydrogen) atoms. The lowest BCUT2D eigenvalue weighted by atomic mass is 10.0. The number of amides is 2. The van der Waals surface area contributed by atoms with Gasteiger partial charge in [0.15, 0.2) is 0 Å². The summed E-state index contributed by atoms with van der Waals surface area (Å²) >= 11 is 0. The van der Waals surface area contributed by atoms with Crippen molar-refractivity contribution in [2.45, 2.75) is 19.4 Å². The van der Waals surface area contributed by atoms with E-state index in [0.29, 0.717) is 5.56 Å². The highest BCUT2D eigenvalue weighted by molar-refractivity contribution is 6.38. The first-order chi connectivity index (χ1) is 14.3. The maximum atomic E-state index is 14.6. The Morgan fingerprint density at radius 2 is 1.83 bits per heavy atom. The van der Waals surface area contributed by atoms with Gasteiger partial charge in [-0.05, 0) is 24.1 Å². The fourth-order valence-electron chi connectivity index (χ4n) is 3.15. The highest BCUT2D eigenvalue weighted by atomic mass is 19.1. The monoisotopic (exact) mass is 408 g/mol. The van der Waals surface area contributed by atoms with E-state index in [0.717, 1.165) is 5.56 Å². The van der Waals surface area contributed by atoms with Crippen LogP contribution in [0, 0.1) is 12.7 Å². The van der Waals surface area contributed by atoms with Gasteiger partial charge in [-0.25, -0.2) is 4.39 Å². The van der Waals surface area contributed by atoms with Crippen molar-refractivity contribution in [3.8, 4) is 11.3 Å². The molecule has 7 nitrogen and oxygen atoms in total. The van der Waals surface area contributed by atoms with Crippen LogP contribution in [-0.2, 0) is 23.1 Å². The van der Waals surface area contributed by atoms with Crippen molar-refractivity contribution in [2.75, 3.05) is 0 Å². The Bertz CT molecular complexity index is 1110. The van der Waals surface area contributed by atoms with Crippen LogP contribution < -0.4 is 11.1 Å². The molecule has 1 atom stereocenters. The van der Waals surface area contributed by atoms with Gasteiger partial charge in [0.25, 0.3) is 11.8 Å². The van der Waals surface area contributed by atoms with E-state index in [1.54, 1.807) is 50.4 Å². The normalized spacial score (nSPS) is 11.7. The number of aromatic nitrogens is 2. The molecule has 0 aliphatic heterocycles. The predicted octanol–water partition coefficient (Wildman–Crippen LogP) is 1.93. The average molecular weight is 408 g/mol. The Balaban J connectivity index is 1.94. The summed E-state index contributed by atoms with van der Waals surface area (Å²) in [5.74, 6) is -3.21. The van der Waals surface area contributed by atoms with E-state index in [4.69, 9.17) is 5.73 Å². The number of ketones is 1. The van der Waals surface area contributed by atoms with Gasteiger partial charge in [-0.1, -0.05) is 42.5 Å². The molecule has 2 aromatic carbocycles. The van der Waals surface area contributed by atoms with Gasteiger partial charge < -0.3 is 11.1 Å². The second-order valence-corrected chi connectivity index (χ2v) is 6.95. The number of hydrogen-bond donors (Lipinski definition) is 2. The molecule has 0 spiro atoms. The summed E-state index contributed by atoms with van der Waals surface area (Å²) in [7, 11) is 1.60. The molecule has 0 bridgehead atoms. The standard InChI is InChI=1S/C22H21FN4O3/c1-13-7-6-10-15(18(13)23)19-16(12-27(2)26-19)22(30)25-17(20(28)21(24)29)11-14-8-4-3-5-9-14/h3-10,12,17H,11H2,1-2H3,(H2,24,29)(H,25,30). The van der Waals surface area contributed by atoms with Gasteiger partial charge in [-0.15, -0.1) is 0 Å². The number of Topliss-reactive ketones (excluding diaryl/α,β-unsaturated/α-hetero) is 1. The number of carbonyl (C=O) groups is 3. The number of hydrogen-bond acceptors (Lipinski definition) is 4. The minimum atomic E-state index is -1.16. The highest BCUT2D eigenvalue weighted by Crippen LogP contribution is 2.26.